The molecule has 0 amide bonds. The van der Waals surface area contributed by atoms with Gasteiger partial charge in [-0.3, -0.25) is 4.99 Å². The van der Waals surface area contributed by atoms with Crippen molar-refractivity contribution in [2.75, 3.05) is 6.54 Å². The second-order valence-electron chi connectivity index (χ2n) is 3.89. The van der Waals surface area contributed by atoms with E-state index >= 15 is 0 Å². The Morgan fingerprint density at radius 1 is 1.36 bits per heavy atom. The number of hydrogen-bond donors (Lipinski definition) is 1. The fraction of sp³-hybridized carbons (Fsp3) is 0.909. The van der Waals surface area contributed by atoms with Crippen LogP contribution in [0.3, 0.4) is 0 Å². The van der Waals surface area contributed by atoms with Crippen molar-refractivity contribution in [2.24, 2.45) is 10.9 Å². The monoisotopic (exact) mass is 351 g/mol. The van der Waals surface area contributed by atoms with E-state index < -0.39 is 5.60 Å². The predicted octanol–water partition coefficient (Wildman–Crippen LogP) is 2.65. The van der Waals surface area contributed by atoms with Gasteiger partial charge < -0.3 is 5.11 Å². The molecule has 0 heterocycles. The molecule has 0 radical (unpaired) electrons. The summed E-state index contributed by atoms with van der Waals surface area (Å²) in [7, 11) is 0. The second kappa shape index (κ2) is 8.08. The molecule has 1 N–H and O–H groups in total. The van der Waals surface area contributed by atoms with Gasteiger partial charge in [-0.25, -0.2) is 0 Å². The molecule has 0 bridgehead atoms. The van der Waals surface area contributed by atoms with Gasteiger partial charge in [0, 0.05) is 49.6 Å². The van der Waals surface area contributed by atoms with Crippen LogP contribution in [-0.2, 0) is 0 Å². The molecule has 0 aromatic rings. The molecule has 90 valence electrons. The fourth-order valence-corrected chi connectivity index (χ4v) is 1.64. The quantitative estimate of drug-likeness (QED) is 0.758. The van der Waals surface area contributed by atoms with Crippen LogP contribution in [0.15, 0.2) is 4.99 Å². The number of rotatable bonds is 5. The maximum atomic E-state index is 10.4. The topological polar surface area (TPSA) is 32.6 Å². The van der Waals surface area contributed by atoms with Gasteiger partial charge in [-0.1, -0.05) is 27.2 Å². The van der Waals surface area contributed by atoms with E-state index in [2.05, 4.69) is 11.9 Å². The normalized spacial score (nSPS) is 16.4. The van der Waals surface area contributed by atoms with Gasteiger partial charge in [-0.2, -0.15) is 0 Å². The summed E-state index contributed by atoms with van der Waals surface area (Å²) in [6, 6.07) is 0. The SMILES string of the molecule is CCCC(O)(C(C)=NCC)C(C)C.[Er]. The smallest absolute Gasteiger partial charge is 0.104 e. The molecular formula is C11H23ErNO. The van der Waals surface area contributed by atoms with Crippen LogP contribution in [0.4, 0.5) is 0 Å². The van der Waals surface area contributed by atoms with Gasteiger partial charge >= 0.3 is 0 Å². The molecule has 0 aliphatic heterocycles. The summed E-state index contributed by atoms with van der Waals surface area (Å²) in [5.74, 6) is 0.239. The van der Waals surface area contributed by atoms with E-state index in [-0.39, 0.29) is 43.2 Å². The molecule has 3 heteroatoms. The first-order chi connectivity index (χ1) is 5.99. The Kier molecular flexibility index (Phi) is 9.97. The molecule has 0 saturated carbocycles. The van der Waals surface area contributed by atoms with E-state index in [1.807, 2.05) is 27.7 Å². The first-order valence-electron chi connectivity index (χ1n) is 5.22. The molecular weight excluding hydrogens is 329 g/mol. The molecule has 0 aromatic heterocycles. The van der Waals surface area contributed by atoms with Crippen molar-refractivity contribution in [3.63, 3.8) is 0 Å². The molecule has 2 nitrogen and oxygen atoms in total. The molecule has 0 fully saturated rings. The Labute approximate surface area is 118 Å². The summed E-state index contributed by atoms with van der Waals surface area (Å²) in [6.45, 7) is 10.9. The summed E-state index contributed by atoms with van der Waals surface area (Å²) >= 11 is 0. The number of hydrogen-bond acceptors (Lipinski definition) is 2. The summed E-state index contributed by atoms with van der Waals surface area (Å²) in [6.07, 6.45) is 1.80. The molecule has 0 rings (SSSR count). The van der Waals surface area contributed by atoms with Crippen molar-refractivity contribution in [3.8, 4) is 0 Å². The number of nitrogens with zero attached hydrogens (tertiary/aromatic N) is 1. The first-order valence-corrected chi connectivity index (χ1v) is 5.22. The Hall–Kier alpha value is 0.877. The van der Waals surface area contributed by atoms with Crippen molar-refractivity contribution in [1.29, 1.82) is 0 Å². The van der Waals surface area contributed by atoms with Crippen LogP contribution < -0.4 is 0 Å². The standard InChI is InChI=1S/C11H23NO.Er/c1-6-8-11(13,9(3)4)10(5)12-7-2;/h9,13H,6-8H2,1-5H3;. The van der Waals surface area contributed by atoms with Crippen molar-refractivity contribution in [2.45, 2.75) is 53.1 Å². The Morgan fingerprint density at radius 3 is 2.14 bits per heavy atom. The Bertz CT molecular complexity index is 180. The van der Waals surface area contributed by atoms with E-state index in [9.17, 15) is 5.11 Å². The molecule has 1 atom stereocenters. The molecule has 0 aromatic carbocycles. The Balaban J connectivity index is 0. The van der Waals surface area contributed by atoms with Crippen LogP contribution >= 0.6 is 0 Å². The average molecular weight is 353 g/mol. The number of aliphatic imine (C=N–C) groups is 1. The summed E-state index contributed by atoms with van der Waals surface area (Å²) in [4.78, 5) is 4.30. The second-order valence-corrected chi connectivity index (χ2v) is 3.89. The predicted molar refractivity (Wildman–Crippen MR) is 58.3 cm³/mol. The molecule has 0 aliphatic rings. The van der Waals surface area contributed by atoms with Gasteiger partial charge in [0.25, 0.3) is 0 Å². The Morgan fingerprint density at radius 2 is 1.86 bits per heavy atom. The van der Waals surface area contributed by atoms with Crippen LogP contribution in [-0.4, -0.2) is 23.0 Å². The minimum absolute atomic E-state index is 0. The maximum Gasteiger partial charge on any atom is 0.104 e. The zero-order valence-electron chi connectivity index (χ0n) is 9.88. The minimum Gasteiger partial charge on any atom is -0.384 e. The first kappa shape index (κ1) is 17.3. The van der Waals surface area contributed by atoms with Gasteiger partial charge in [0.1, 0.15) is 5.60 Å². The van der Waals surface area contributed by atoms with Gasteiger partial charge in [0.2, 0.25) is 0 Å². The zero-order chi connectivity index (χ0) is 10.5. The third-order valence-electron chi connectivity index (χ3n) is 2.61. The van der Waals surface area contributed by atoms with Gasteiger partial charge in [-0.05, 0) is 26.2 Å². The molecule has 1 unspecified atom stereocenters. The van der Waals surface area contributed by atoms with Crippen LogP contribution in [0, 0.1) is 43.2 Å². The molecule has 0 saturated heterocycles. The van der Waals surface area contributed by atoms with Crippen LogP contribution in [0.5, 0.6) is 0 Å². The summed E-state index contributed by atoms with van der Waals surface area (Å²) in [5.41, 5.74) is 0.192. The van der Waals surface area contributed by atoms with E-state index in [1.165, 1.54) is 0 Å². The average Bonchev–Trinajstić information content (AvgIpc) is 2.04. The van der Waals surface area contributed by atoms with E-state index in [4.69, 9.17) is 0 Å². The van der Waals surface area contributed by atoms with Crippen LogP contribution in [0.2, 0.25) is 0 Å². The molecule has 0 aliphatic carbocycles. The van der Waals surface area contributed by atoms with E-state index in [0.29, 0.717) is 0 Å². The molecule has 0 spiro atoms. The van der Waals surface area contributed by atoms with Gasteiger partial charge in [-0.15, -0.1) is 0 Å². The van der Waals surface area contributed by atoms with Crippen molar-refractivity contribution < 1.29 is 42.4 Å². The third kappa shape index (κ3) is 4.60. The molecule has 14 heavy (non-hydrogen) atoms. The fourth-order valence-electron chi connectivity index (χ4n) is 1.64. The largest absolute Gasteiger partial charge is 0.384 e. The van der Waals surface area contributed by atoms with Gasteiger partial charge in [0.05, 0.1) is 0 Å². The zero-order valence-corrected chi connectivity index (χ0v) is 11.7. The minimum atomic E-state index is -0.690. The van der Waals surface area contributed by atoms with Crippen molar-refractivity contribution in [3.05, 3.63) is 0 Å². The van der Waals surface area contributed by atoms with Gasteiger partial charge in [0.15, 0.2) is 0 Å². The summed E-state index contributed by atoms with van der Waals surface area (Å²) in [5, 5.41) is 10.4. The van der Waals surface area contributed by atoms with Crippen molar-refractivity contribution in [1.82, 2.24) is 0 Å². The van der Waals surface area contributed by atoms with E-state index in [0.717, 1.165) is 25.1 Å². The maximum absolute atomic E-state index is 10.4. The number of aliphatic hydroxyl groups is 1. The summed E-state index contributed by atoms with van der Waals surface area (Å²) < 4.78 is 0. The van der Waals surface area contributed by atoms with Crippen LogP contribution in [0.1, 0.15) is 47.5 Å². The third-order valence-corrected chi connectivity index (χ3v) is 2.61. The van der Waals surface area contributed by atoms with Crippen LogP contribution in [0.25, 0.3) is 0 Å². The van der Waals surface area contributed by atoms with Crippen molar-refractivity contribution >= 4 is 5.71 Å². The van der Waals surface area contributed by atoms with E-state index in [1.54, 1.807) is 0 Å².